The van der Waals surface area contributed by atoms with E-state index >= 15 is 0 Å². The quantitative estimate of drug-likeness (QED) is 0.652. The molecule has 7 nitrogen and oxygen atoms in total. The fraction of sp³-hybridized carbons (Fsp3) is 0.458. The molecular weight excluding hydrogens is 388 g/mol. The Bertz CT molecular complexity index is 1090. The molecule has 1 amide bonds. The maximum Gasteiger partial charge on any atom is 0.228 e. The van der Waals surface area contributed by atoms with Gasteiger partial charge in [-0.1, -0.05) is 31.0 Å². The summed E-state index contributed by atoms with van der Waals surface area (Å²) in [7, 11) is 1.83. The first-order chi connectivity index (χ1) is 15.1. The SMILES string of the molecule is CC(Cc1c[nH]c2ccccc12)Nc1ncc2c(n1)N(C1CCCC1)CCC(=O)N2C. The van der Waals surface area contributed by atoms with Crippen molar-refractivity contribution < 1.29 is 4.79 Å². The maximum absolute atomic E-state index is 12.5. The number of H-pyrrole nitrogens is 1. The van der Waals surface area contributed by atoms with Crippen molar-refractivity contribution in [3.05, 3.63) is 42.2 Å². The lowest BCUT2D eigenvalue weighted by Crippen LogP contribution is -2.35. The fourth-order valence-corrected chi connectivity index (χ4v) is 4.98. The van der Waals surface area contributed by atoms with Crippen LogP contribution in [0.25, 0.3) is 10.9 Å². The molecule has 0 radical (unpaired) electrons. The van der Waals surface area contributed by atoms with Gasteiger partial charge in [0.25, 0.3) is 0 Å². The Morgan fingerprint density at radius 2 is 2.06 bits per heavy atom. The van der Waals surface area contributed by atoms with Crippen molar-refractivity contribution in [1.29, 1.82) is 0 Å². The highest BCUT2D eigenvalue weighted by atomic mass is 16.2. The van der Waals surface area contributed by atoms with Crippen molar-refractivity contribution in [2.75, 3.05) is 28.7 Å². The lowest BCUT2D eigenvalue weighted by molar-refractivity contribution is -0.118. The number of nitrogens with one attached hydrogen (secondary N) is 2. The standard InChI is InChI=1S/C24H30N6O/c1-16(13-17-14-25-20-10-6-5-9-19(17)20)27-24-26-15-21-23(28-24)30(18-7-3-4-8-18)12-11-22(31)29(21)2/h5-6,9-10,14-16,18,25H,3-4,7-8,11-13H2,1-2H3,(H,26,27,28). The van der Waals surface area contributed by atoms with E-state index in [0.717, 1.165) is 30.0 Å². The van der Waals surface area contributed by atoms with Crippen LogP contribution in [-0.2, 0) is 11.2 Å². The van der Waals surface area contributed by atoms with Crippen LogP contribution in [0.2, 0.25) is 0 Å². The van der Waals surface area contributed by atoms with E-state index in [9.17, 15) is 4.79 Å². The molecule has 0 bridgehead atoms. The Morgan fingerprint density at radius 1 is 1.26 bits per heavy atom. The monoisotopic (exact) mass is 418 g/mol. The van der Waals surface area contributed by atoms with Gasteiger partial charge in [0.15, 0.2) is 5.82 Å². The summed E-state index contributed by atoms with van der Waals surface area (Å²) in [5, 5.41) is 4.74. The number of carbonyl (C=O) groups is 1. The van der Waals surface area contributed by atoms with E-state index in [4.69, 9.17) is 4.98 Å². The summed E-state index contributed by atoms with van der Waals surface area (Å²) >= 11 is 0. The van der Waals surface area contributed by atoms with E-state index in [-0.39, 0.29) is 11.9 Å². The molecule has 0 saturated heterocycles. The van der Waals surface area contributed by atoms with Crippen molar-refractivity contribution in [3.63, 3.8) is 0 Å². The van der Waals surface area contributed by atoms with E-state index in [2.05, 4.69) is 51.5 Å². The summed E-state index contributed by atoms with van der Waals surface area (Å²) in [6.45, 7) is 2.88. The number of anilines is 3. The van der Waals surface area contributed by atoms with E-state index in [0.29, 0.717) is 18.4 Å². The first kappa shape index (κ1) is 19.8. The van der Waals surface area contributed by atoms with Crippen LogP contribution < -0.4 is 15.1 Å². The number of carbonyl (C=O) groups excluding carboxylic acids is 1. The van der Waals surface area contributed by atoms with Crippen LogP contribution in [0.1, 0.15) is 44.6 Å². The van der Waals surface area contributed by atoms with Crippen molar-refractivity contribution in [2.45, 2.75) is 57.5 Å². The molecule has 31 heavy (non-hydrogen) atoms. The van der Waals surface area contributed by atoms with Crippen LogP contribution >= 0.6 is 0 Å². The number of hydrogen-bond acceptors (Lipinski definition) is 5. The number of nitrogens with zero attached hydrogens (tertiary/aromatic N) is 4. The molecule has 3 aromatic rings. The Kier molecular flexibility index (Phi) is 5.26. The van der Waals surface area contributed by atoms with Gasteiger partial charge in [-0.2, -0.15) is 4.98 Å². The van der Waals surface area contributed by atoms with Gasteiger partial charge < -0.3 is 20.1 Å². The molecule has 1 fully saturated rings. The van der Waals surface area contributed by atoms with Crippen LogP contribution in [0, 0.1) is 0 Å². The zero-order chi connectivity index (χ0) is 21.4. The minimum atomic E-state index is 0.124. The van der Waals surface area contributed by atoms with Gasteiger partial charge in [-0.25, -0.2) is 4.98 Å². The van der Waals surface area contributed by atoms with Gasteiger partial charge in [0, 0.05) is 49.2 Å². The molecule has 1 aliphatic carbocycles. The molecule has 1 aliphatic heterocycles. The molecule has 1 unspecified atom stereocenters. The summed E-state index contributed by atoms with van der Waals surface area (Å²) in [6.07, 6.45) is 10.1. The highest BCUT2D eigenvalue weighted by Crippen LogP contribution is 2.36. The van der Waals surface area contributed by atoms with Crippen LogP contribution in [0.5, 0.6) is 0 Å². The number of rotatable bonds is 5. The Balaban J connectivity index is 1.39. The van der Waals surface area contributed by atoms with E-state index in [1.54, 1.807) is 11.1 Å². The molecule has 7 heteroatoms. The average Bonchev–Trinajstić information content (AvgIpc) is 3.42. The number of benzene rings is 1. The number of aromatic nitrogens is 3. The molecule has 2 N–H and O–H groups in total. The van der Waals surface area contributed by atoms with E-state index < -0.39 is 0 Å². The molecule has 1 aromatic carbocycles. The zero-order valence-electron chi connectivity index (χ0n) is 18.3. The van der Waals surface area contributed by atoms with Crippen LogP contribution in [-0.4, -0.2) is 46.5 Å². The molecule has 3 heterocycles. The van der Waals surface area contributed by atoms with Crippen molar-refractivity contribution in [3.8, 4) is 0 Å². The molecule has 2 aromatic heterocycles. The van der Waals surface area contributed by atoms with Gasteiger partial charge in [0.1, 0.15) is 5.69 Å². The highest BCUT2D eigenvalue weighted by Gasteiger charge is 2.31. The smallest absolute Gasteiger partial charge is 0.228 e. The third kappa shape index (κ3) is 3.84. The topological polar surface area (TPSA) is 77.1 Å². The van der Waals surface area contributed by atoms with E-state index in [1.807, 2.05) is 13.1 Å². The summed E-state index contributed by atoms with van der Waals surface area (Å²) in [6, 6.07) is 9.00. The number of amides is 1. The minimum absolute atomic E-state index is 0.124. The van der Waals surface area contributed by atoms with E-state index in [1.165, 1.54) is 36.6 Å². The van der Waals surface area contributed by atoms with Gasteiger partial charge in [-0.05, 0) is 37.8 Å². The van der Waals surface area contributed by atoms with Crippen LogP contribution in [0.3, 0.4) is 0 Å². The number of hydrogen-bond donors (Lipinski definition) is 2. The molecule has 1 saturated carbocycles. The van der Waals surface area contributed by atoms with Gasteiger partial charge in [0.05, 0.1) is 6.20 Å². The summed E-state index contributed by atoms with van der Waals surface area (Å²) < 4.78 is 0. The molecule has 0 spiro atoms. The predicted octanol–water partition coefficient (Wildman–Crippen LogP) is 4.12. The lowest BCUT2D eigenvalue weighted by Gasteiger charge is -2.30. The second kappa shape index (κ2) is 8.21. The summed E-state index contributed by atoms with van der Waals surface area (Å²) in [5.74, 6) is 1.63. The van der Waals surface area contributed by atoms with Crippen molar-refractivity contribution in [2.24, 2.45) is 0 Å². The Labute approximate surface area is 182 Å². The second-order valence-electron chi connectivity index (χ2n) is 8.85. The largest absolute Gasteiger partial charge is 0.361 e. The van der Waals surface area contributed by atoms with Gasteiger partial charge in [-0.15, -0.1) is 0 Å². The maximum atomic E-state index is 12.5. The molecule has 5 rings (SSSR count). The van der Waals surface area contributed by atoms with Gasteiger partial charge in [-0.3, -0.25) is 4.79 Å². The van der Waals surface area contributed by atoms with Crippen LogP contribution in [0.15, 0.2) is 36.7 Å². The van der Waals surface area contributed by atoms with Gasteiger partial charge >= 0.3 is 0 Å². The first-order valence-corrected chi connectivity index (χ1v) is 11.3. The summed E-state index contributed by atoms with van der Waals surface area (Å²) in [4.78, 5) is 29.4. The lowest BCUT2D eigenvalue weighted by atomic mass is 10.1. The van der Waals surface area contributed by atoms with Crippen molar-refractivity contribution >= 4 is 34.3 Å². The minimum Gasteiger partial charge on any atom is -0.361 e. The number of fused-ring (bicyclic) bond motifs is 2. The predicted molar refractivity (Wildman–Crippen MR) is 125 cm³/mol. The average molecular weight is 419 g/mol. The second-order valence-corrected chi connectivity index (χ2v) is 8.85. The van der Waals surface area contributed by atoms with Gasteiger partial charge in [0.2, 0.25) is 11.9 Å². The molecule has 162 valence electrons. The normalized spacial score (nSPS) is 18.3. The molecule has 1 atom stereocenters. The Hall–Kier alpha value is -3.09. The third-order valence-corrected chi connectivity index (χ3v) is 6.67. The third-order valence-electron chi connectivity index (χ3n) is 6.67. The Morgan fingerprint density at radius 3 is 2.90 bits per heavy atom. The van der Waals surface area contributed by atoms with Crippen molar-refractivity contribution in [1.82, 2.24) is 15.0 Å². The number of para-hydroxylation sites is 1. The number of aromatic amines is 1. The van der Waals surface area contributed by atoms with Crippen LogP contribution in [0.4, 0.5) is 17.5 Å². The molecular formula is C24H30N6O. The molecule has 2 aliphatic rings. The fourth-order valence-electron chi connectivity index (χ4n) is 4.98. The first-order valence-electron chi connectivity index (χ1n) is 11.3. The summed E-state index contributed by atoms with van der Waals surface area (Å²) in [5.41, 5.74) is 3.25. The zero-order valence-corrected chi connectivity index (χ0v) is 18.3. The highest BCUT2D eigenvalue weighted by molar-refractivity contribution is 5.97.